The van der Waals surface area contributed by atoms with Crippen molar-refractivity contribution >= 4 is 21.8 Å². The monoisotopic (exact) mass is 311 g/mol. The minimum absolute atomic E-state index is 0.101. The molecule has 2 fully saturated rings. The molecular formula is C14H18BrNO2. The van der Waals surface area contributed by atoms with Gasteiger partial charge in [-0.25, -0.2) is 0 Å². The van der Waals surface area contributed by atoms with Crippen LogP contribution in [-0.4, -0.2) is 11.9 Å². The van der Waals surface area contributed by atoms with Gasteiger partial charge in [-0.1, -0.05) is 6.42 Å². The molecule has 0 aromatic carbocycles. The second kappa shape index (κ2) is 4.72. The number of hydrogen-bond donors (Lipinski definition) is 1. The fraction of sp³-hybridized carbons (Fsp3) is 0.643. The van der Waals surface area contributed by atoms with E-state index in [1.807, 2.05) is 0 Å². The van der Waals surface area contributed by atoms with Crippen LogP contribution in [0.2, 0.25) is 0 Å². The van der Waals surface area contributed by atoms with Gasteiger partial charge in [0.05, 0.1) is 0 Å². The molecule has 4 atom stereocenters. The van der Waals surface area contributed by atoms with E-state index in [1.54, 1.807) is 12.1 Å². The quantitative estimate of drug-likeness (QED) is 0.926. The van der Waals surface area contributed by atoms with Crippen LogP contribution >= 0.6 is 15.9 Å². The van der Waals surface area contributed by atoms with E-state index >= 15 is 0 Å². The molecule has 4 heteroatoms. The lowest BCUT2D eigenvalue weighted by atomic mass is 9.84. The number of nitrogens with one attached hydrogen (secondary N) is 1. The Hall–Kier alpha value is -0.770. The number of halogens is 1. The molecule has 2 aliphatic carbocycles. The zero-order valence-corrected chi connectivity index (χ0v) is 12.1. The third-order valence-electron chi connectivity index (χ3n) is 4.59. The maximum atomic E-state index is 12.0. The molecule has 2 saturated carbocycles. The van der Waals surface area contributed by atoms with Crippen molar-refractivity contribution in [2.24, 2.45) is 17.8 Å². The van der Waals surface area contributed by atoms with Gasteiger partial charge in [0, 0.05) is 6.04 Å². The summed E-state index contributed by atoms with van der Waals surface area (Å²) in [7, 11) is 0. The van der Waals surface area contributed by atoms with Crippen molar-refractivity contribution in [1.82, 2.24) is 5.32 Å². The molecule has 1 aromatic heterocycles. The first-order valence-electron chi connectivity index (χ1n) is 6.69. The van der Waals surface area contributed by atoms with Gasteiger partial charge in [0.25, 0.3) is 5.91 Å². The summed E-state index contributed by atoms with van der Waals surface area (Å²) < 4.78 is 5.87. The summed E-state index contributed by atoms with van der Waals surface area (Å²) >= 11 is 3.21. The molecule has 1 aromatic rings. The fourth-order valence-corrected chi connectivity index (χ4v) is 4.03. The van der Waals surface area contributed by atoms with Crippen molar-refractivity contribution in [1.29, 1.82) is 0 Å². The number of carbonyl (C=O) groups excluding carboxylic acids is 1. The topological polar surface area (TPSA) is 42.2 Å². The van der Waals surface area contributed by atoms with Gasteiger partial charge in [-0.2, -0.15) is 0 Å². The Morgan fingerprint density at radius 2 is 2.28 bits per heavy atom. The molecule has 1 amide bonds. The molecule has 2 bridgehead atoms. The number of hydrogen-bond acceptors (Lipinski definition) is 2. The number of carbonyl (C=O) groups is 1. The number of fused-ring (bicyclic) bond motifs is 2. The highest BCUT2D eigenvalue weighted by Crippen LogP contribution is 2.49. The van der Waals surface area contributed by atoms with Crippen LogP contribution in [0.5, 0.6) is 0 Å². The van der Waals surface area contributed by atoms with Crippen LogP contribution in [0.1, 0.15) is 43.2 Å². The number of amides is 1. The highest BCUT2D eigenvalue weighted by Gasteiger charge is 2.42. The van der Waals surface area contributed by atoms with Crippen molar-refractivity contribution in [3.8, 4) is 0 Å². The van der Waals surface area contributed by atoms with E-state index in [-0.39, 0.29) is 11.9 Å². The minimum Gasteiger partial charge on any atom is -0.444 e. The van der Waals surface area contributed by atoms with Crippen LogP contribution in [0, 0.1) is 17.8 Å². The molecule has 1 N–H and O–H groups in total. The Morgan fingerprint density at radius 1 is 1.44 bits per heavy atom. The lowest BCUT2D eigenvalue weighted by molar-refractivity contribution is 0.0886. The van der Waals surface area contributed by atoms with E-state index in [0.717, 1.165) is 11.8 Å². The molecule has 3 nitrogen and oxygen atoms in total. The normalized spacial score (nSPS) is 31.6. The van der Waals surface area contributed by atoms with Crippen LogP contribution in [0.15, 0.2) is 21.2 Å². The van der Waals surface area contributed by atoms with Crippen molar-refractivity contribution in [2.45, 2.75) is 38.6 Å². The molecule has 18 heavy (non-hydrogen) atoms. The van der Waals surface area contributed by atoms with E-state index in [2.05, 4.69) is 28.2 Å². The predicted molar refractivity (Wildman–Crippen MR) is 72.3 cm³/mol. The van der Waals surface area contributed by atoms with Crippen LogP contribution in [0.25, 0.3) is 0 Å². The molecule has 2 aliphatic rings. The first-order valence-corrected chi connectivity index (χ1v) is 7.49. The van der Waals surface area contributed by atoms with Crippen LogP contribution in [0.3, 0.4) is 0 Å². The molecule has 0 aliphatic heterocycles. The van der Waals surface area contributed by atoms with Gasteiger partial charge >= 0.3 is 0 Å². The Bertz CT molecular complexity index is 456. The maximum Gasteiger partial charge on any atom is 0.287 e. The van der Waals surface area contributed by atoms with Gasteiger partial charge in [-0.3, -0.25) is 4.79 Å². The average molecular weight is 312 g/mol. The van der Waals surface area contributed by atoms with Crippen LogP contribution in [0.4, 0.5) is 0 Å². The lowest BCUT2D eigenvalue weighted by Gasteiger charge is -2.28. The molecule has 0 radical (unpaired) electrons. The standard InChI is InChI=1S/C14H18BrNO2/c1-8(11-7-9-2-3-10(11)6-9)16-14(17)12-4-5-13(15)18-12/h4-5,8-11H,2-3,6-7H2,1H3,(H,16,17)/t8-,9+,10+,11-/m1/s1. The van der Waals surface area contributed by atoms with Crippen molar-refractivity contribution in [3.63, 3.8) is 0 Å². The van der Waals surface area contributed by atoms with E-state index in [0.29, 0.717) is 16.3 Å². The van der Waals surface area contributed by atoms with Gasteiger partial charge < -0.3 is 9.73 Å². The van der Waals surface area contributed by atoms with E-state index in [1.165, 1.54) is 25.7 Å². The highest BCUT2D eigenvalue weighted by molar-refractivity contribution is 9.10. The number of furan rings is 1. The maximum absolute atomic E-state index is 12.0. The molecule has 0 saturated heterocycles. The summed E-state index contributed by atoms with van der Waals surface area (Å²) in [5.41, 5.74) is 0. The molecule has 0 spiro atoms. The van der Waals surface area contributed by atoms with Crippen molar-refractivity contribution in [3.05, 3.63) is 22.6 Å². The summed E-state index contributed by atoms with van der Waals surface area (Å²) in [6.07, 6.45) is 5.40. The zero-order chi connectivity index (χ0) is 12.7. The Balaban J connectivity index is 1.61. The Kier molecular flexibility index (Phi) is 3.22. The van der Waals surface area contributed by atoms with Gasteiger partial charge in [-0.05, 0) is 72.0 Å². The summed E-state index contributed by atoms with van der Waals surface area (Å²) in [5.74, 6) is 2.68. The van der Waals surface area contributed by atoms with Gasteiger partial charge in [-0.15, -0.1) is 0 Å². The molecular weight excluding hydrogens is 294 g/mol. The van der Waals surface area contributed by atoms with Crippen molar-refractivity contribution < 1.29 is 9.21 Å². The lowest BCUT2D eigenvalue weighted by Crippen LogP contribution is -2.39. The Labute approximate surface area is 115 Å². The van der Waals surface area contributed by atoms with Gasteiger partial charge in [0.2, 0.25) is 0 Å². The van der Waals surface area contributed by atoms with Crippen LogP contribution in [-0.2, 0) is 0 Å². The van der Waals surface area contributed by atoms with Crippen LogP contribution < -0.4 is 5.32 Å². The van der Waals surface area contributed by atoms with E-state index in [9.17, 15) is 4.79 Å². The minimum atomic E-state index is -0.101. The molecule has 1 heterocycles. The SMILES string of the molecule is C[C@@H](NC(=O)c1ccc(Br)o1)[C@H]1C[C@H]2CC[C@H]1C2. The number of rotatable bonds is 3. The first-order chi connectivity index (χ1) is 8.63. The van der Waals surface area contributed by atoms with E-state index < -0.39 is 0 Å². The largest absolute Gasteiger partial charge is 0.444 e. The summed E-state index contributed by atoms with van der Waals surface area (Å²) in [6, 6.07) is 3.70. The average Bonchev–Trinajstić information content (AvgIpc) is 3.03. The second-order valence-corrected chi connectivity index (χ2v) is 6.49. The molecule has 0 unspecified atom stereocenters. The Morgan fingerprint density at radius 3 is 2.83 bits per heavy atom. The molecule has 98 valence electrons. The second-order valence-electron chi connectivity index (χ2n) is 5.70. The zero-order valence-electron chi connectivity index (χ0n) is 10.5. The van der Waals surface area contributed by atoms with Crippen molar-refractivity contribution in [2.75, 3.05) is 0 Å². The summed E-state index contributed by atoms with van der Waals surface area (Å²) in [5, 5.41) is 3.08. The third kappa shape index (κ3) is 2.22. The molecule has 3 rings (SSSR count). The first kappa shape index (κ1) is 12.3. The predicted octanol–water partition coefficient (Wildman–Crippen LogP) is 3.60. The highest BCUT2D eigenvalue weighted by atomic mass is 79.9. The van der Waals surface area contributed by atoms with Gasteiger partial charge in [0.15, 0.2) is 10.4 Å². The van der Waals surface area contributed by atoms with Gasteiger partial charge in [0.1, 0.15) is 0 Å². The summed E-state index contributed by atoms with van der Waals surface area (Å²) in [6.45, 7) is 2.13. The van der Waals surface area contributed by atoms with E-state index in [4.69, 9.17) is 4.42 Å². The smallest absolute Gasteiger partial charge is 0.287 e. The summed E-state index contributed by atoms with van der Waals surface area (Å²) in [4.78, 5) is 12.0. The fourth-order valence-electron chi connectivity index (χ4n) is 3.73. The third-order valence-corrected chi connectivity index (χ3v) is 5.02.